The molecule has 0 radical (unpaired) electrons. The first-order valence-electron chi connectivity index (χ1n) is 6.86. The second kappa shape index (κ2) is 5.67. The summed E-state index contributed by atoms with van der Waals surface area (Å²) in [7, 11) is 0. The summed E-state index contributed by atoms with van der Waals surface area (Å²) in [6.07, 6.45) is 3.89. The van der Waals surface area contributed by atoms with Crippen LogP contribution in [0.3, 0.4) is 0 Å². The Balaban J connectivity index is 1.83. The van der Waals surface area contributed by atoms with Crippen molar-refractivity contribution in [2.45, 2.75) is 6.92 Å². The van der Waals surface area contributed by atoms with Gasteiger partial charge in [0.05, 0.1) is 5.71 Å². The van der Waals surface area contributed by atoms with Gasteiger partial charge in [-0.05, 0) is 48.9 Å². The van der Waals surface area contributed by atoms with Crippen LogP contribution in [-0.2, 0) is 0 Å². The Morgan fingerprint density at radius 1 is 1.05 bits per heavy atom. The van der Waals surface area contributed by atoms with Crippen LogP contribution in [-0.4, -0.2) is 5.71 Å². The lowest BCUT2D eigenvalue weighted by Crippen LogP contribution is -2.12. The number of benzene rings is 2. The van der Waals surface area contributed by atoms with Gasteiger partial charge in [0.2, 0.25) is 0 Å². The van der Waals surface area contributed by atoms with Gasteiger partial charge in [-0.1, -0.05) is 30.8 Å². The standard InChI is InChI=1S/C18H17N3/c1-13-12-15(18-10-8-14(2)20-21-18)9-11-17(13)19-16-6-4-3-5-7-16/h3-12,19-20H,2H2,1H3. The molecule has 0 saturated heterocycles. The first kappa shape index (κ1) is 13.2. The van der Waals surface area contributed by atoms with Crippen molar-refractivity contribution >= 4 is 17.1 Å². The molecule has 0 fully saturated rings. The largest absolute Gasteiger partial charge is 0.355 e. The number of nitrogens with one attached hydrogen (secondary N) is 2. The van der Waals surface area contributed by atoms with Crippen molar-refractivity contribution in [2.24, 2.45) is 5.10 Å². The third kappa shape index (κ3) is 3.03. The molecule has 0 atom stereocenters. The minimum atomic E-state index is 0.804. The maximum Gasteiger partial charge on any atom is 0.0906 e. The van der Waals surface area contributed by atoms with Gasteiger partial charge in [0.25, 0.3) is 0 Å². The molecule has 0 unspecified atom stereocenters. The third-order valence-electron chi connectivity index (χ3n) is 3.34. The molecule has 1 heterocycles. The van der Waals surface area contributed by atoms with E-state index >= 15 is 0 Å². The highest BCUT2D eigenvalue weighted by Gasteiger charge is 2.07. The van der Waals surface area contributed by atoms with Crippen LogP contribution in [0.1, 0.15) is 11.1 Å². The van der Waals surface area contributed by atoms with Crippen LogP contribution in [0.2, 0.25) is 0 Å². The van der Waals surface area contributed by atoms with E-state index in [1.54, 1.807) is 0 Å². The van der Waals surface area contributed by atoms with Crippen LogP contribution >= 0.6 is 0 Å². The van der Waals surface area contributed by atoms with E-state index in [0.717, 1.165) is 28.3 Å². The Bertz CT molecular complexity index is 727. The molecule has 1 aliphatic rings. The lowest BCUT2D eigenvalue weighted by Gasteiger charge is -2.13. The van der Waals surface area contributed by atoms with Gasteiger partial charge < -0.3 is 5.32 Å². The highest BCUT2D eigenvalue weighted by molar-refractivity contribution is 6.09. The number of aryl methyl sites for hydroxylation is 1. The van der Waals surface area contributed by atoms with Crippen molar-refractivity contribution in [1.82, 2.24) is 5.43 Å². The van der Waals surface area contributed by atoms with E-state index in [9.17, 15) is 0 Å². The second-order valence-electron chi connectivity index (χ2n) is 4.99. The van der Waals surface area contributed by atoms with Crippen LogP contribution in [0.4, 0.5) is 11.4 Å². The predicted octanol–water partition coefficient (Wildman–Crippen LogP) is 4.12. The van der Waals surface area contributed by atoms with Crippen molar-refractivity contribution in [3.8, 4) is 0 Å². The quantitative estimate of drug-likeness (QED) is 0.884. The molecular formula is C18H17N3. The molecule has 3 heteroatoms. The second-order valence-corrected chi connectivity index (χ2v) is 4.99. The summed E-state index contributed by atoms with van der Waals surface area (Å²) in [6, 6.07) is 16.4. The van der Waals surface area contributed by atoms with E-state index in [1.165, 1.54) is 5.56 Å². The van der Waals surface area contributed by atoms with Crippen molar-refractivity contribution in [3.63, 3.8) is 0 Å². The minimum absolute atomic E-state index is 0.804. The topological polar surface area (TPSA) is 36.4 Å². The summed E-state index contributed by atoms with van der Waals surface area (Å²) in [6.45, 7) is 5.90. The van der Waals surface area contributed by atoms with Gasteiger partial charge in [0.15, 0.2) is 0 Å². The third-order valence-corrected chi connectivity index (χ3v) is 3.34. The maximum atomic E-state index is 4.30. The van der Waals surface area contributed by atoms with E-state index in [4.69, 9.17) is 0 Å². The Morgan fingerprint density at radius 2 is 1.86 bits per heavy atom. The van der Waals surface area contributed by atoms with Crippen molar-refractivity contribution in [2.75, 3.05) is 5.32 Å². The molecule has 0 aliphatic carbocycles. The number of rotatable bonds is 3. The summed E-state index contributed by atoms with van der Waals surface area (Å²) in [4.78, 5) is 0. The van der Waals surface area contributed by atoms with E-state index in [2.05, 4.69) is 59.7 Å². The van der Waals surface area contributed by atoms with Gasteiger partial charge in [0, 0.05) is 22.6 Å². The Hall–Kier alpha value is -2.81. The first-order chi connectivity index (χ1) is 10.2. The molecule has 21 heavy (non-hydrogen) atoms. The number of anilines is 2. The smallest absolute Gasteiger partial charge is 0.0906 e. The van der Waals surface area contributed by atoms with Gasteiger partial charge >= 0.3 is 0 Å². The molecule has 1 aliphatic heterocycles. The van der Waals surface area contributed by atoms with E-state index in [0.29, 0.717) is 0 Å². The Kier molecular flexibility index (Phi) is 3.56. The lowest BCUT2D eigenvalue weighted by atomic mass is 10.0. The molecular weight excluding hydrogens is 258 g/mol. The first-order valence-corrected chi connectivity index (χ1v) is 6.86. The fourth-order valence-corrected chi connectivity index (χ4v) is 2.19. The van der Waals surface area contributed by atoms with Gasteiger partial charge in [-0.25, -0.2) is 0 Å². The average molecular weight is 275 g/mol. The van der Waals surface area contributed by atoms with Crippen molar-refractivity contribution < 1.29 is 0 Å². The van der Waals surface area contributed by atoms with E-state index in [-0.39, 0.29) is 0 Å². The number of hydrazone groups is 1. The lowest BCUT2D eigenvalue weighted by molar-refractivity contribution is 0.914. The highest BCUT2D eigenvalue weighted by Crippen LogP contribution is 2.22. The van der Waals surface area contributed by atoms with Gasteiger partial charge in [-0.3, -0.25) is 5.43 Å². The zero-order valence-corrected chi connectivity index (χ0v) is 11.9. The maximum absolute atomic E-state index is 4.30. The van der Waals surface area contributed by atoms with Crippen molar-refractivity contribution in [1.29, 1.82) is 0 Å². The Morgan fingerprint density at radius 3 is 2.52 bits per heavy atom. The SMILES string of the molecule is C=C1C=CC(c2ccc(Nc3ccccc3)c(C)c2)=NN1. The van der Waals surface area contributed by atoms with Crippen molar-refractivity contribution in [3.05, 3.63) is 84.1 Å². The van der Waals surface area contributed by atoms with Crippen LogP contribution in [0.25, 0.3) is 0 Å². The van der Waals surface area contributed by atoms with Crippen LogP contribution < -0.4 is 10.7 Å². The molecule has 2 aromatic rings. The van der Waals surface area contributed by atoms with Gasteiger partial charge in [0.1, 0.15) is 0 Å². The molecule has 2 N–H and O–H groups in total. The fourth-order valence-electron chi connectivity index (χ4n) is 2.19. The fraction of sp³-hybridized carbons (Fsp3) is 0.0556. The minimum Gasteiger partial charge on any atom is -0.355 e. The Labute approximate surface area is 124 Å². The normalized spacial score (nSPS) is 13.6. The number of nitrogens with zero attached hydrogens (tertiary/aromatic N) is 1. The molecule has 0 amide bonds. The number of hydrogen-bond donors (Lipinski definition) is 2. The monoisotopic (exact) mass is 275 g/mol. The van der Waals surface area contributed by atoms with Gasteiger partial charge in [-0.15, -0.1) is 0 Å². The summed E-state index contributed by atoms with van der Waals surface area (Å²) in [5.74, 6) is 0. The molecule has 3 nitrogen and oxygen atoms in total. The van der Waals surface area contributed by atoms with E-state index < -0.39 is 0 Å². The molecule has 3 rings (SSSR count). The van der Waals surface area contributed by atoms with Crippen LogP contribution in [0.15, 0.2) is 78.1 Å². The molecule has 0 bridgehead atoms. The molecule has 0 aromatic heterocycles. The van der Waals surface area contributed by atoms with E-state index in [1.807, 2.05) is 30.4 Å². The number of para-hydroxylation sites is 1. The molecule has 0 saturated carbocycles. The summed E-state index contributed by atoms with van der Waals surface area (Å²) in [5, 5.41) is 7.72. The van der Waals surface area contributed by atoms with Crippen LogP contribution in [0, 0.1) is 6.92 Å². The molecule has 0 spiro atoms. The zero-order valence-electron chi connectivity index (χ0n) is 11.9. The summed E-state index contributed by atoms with van der Waals surface area (Å²) in [5.41, 5.74) is 9.06. The average Bonchev–Trinajstić information content (AvgIpc) is 2.51. The molecule has 2 aromatic carbocycles. The zero-order chi connectivity index (χ0) is 14.7. The van der Waals surface area contributed by atoms with Gasteiger partial charge in [-0.2, -0.15) is 5.10 Å². The van der Waals surface area contributed by atoms with Crippen LogP contribution in [0.5, 0.6) is 0 Å². The summed E-state index contributed by atoms with van der Waals surface area (Å²) < 4.78 is 0. The summed E-state index contributed by atoms with van der Waals surface area (Å²) >= 11 is 0. The molecule has 104 valence electrons. The highest BCUT2D eigenvalue weighted by atomic mass is 15.3. The number of hydrogen-bond acceptors (Lipinski definition) is 3. The predicted molar refractivity (Wildman–Crippen MR) is 88.9 cm³/mol. The number of allylic oxidation sites excluding steroid dienone is 2.